The zero-order chi connectivity index (χ0) is 17.4. The Morgan fingerprint density at radius 2 is 1.92 bits per heavy atom. The van der Waals surface area contributed by atoms with E-state index in [1.807, 2.05) is 6.20 Å². The van der Waals surface area contributed by atoms with Gasteiger partial charge in [-0.15, -0.1) is 5.10 Å². The third-order valence-electron chi connectivity index (χ3n) is 5.78. The Hall–Kier alpha value is -1.67. The van der Waals surface area contributed by atoms with Crippen LogP contribution < -0.4 is 10.6 Å². The molecule has 1 heterocycles. The number of amides is 2. The molecule has 4 atom stereocenters. The topological polar surface area (TPSA) is 112 Å². The summed E-state index contributed by atoms with van der Waals surface area (Å²) >= 11 is 0. The minimum Gasteiger partial charge on any atom is -0.390 e. The minimum atomic E-state index is -0.953. The maximum absolute atomic E-state index is 12.1. The van der Waals surface area contributed by atoms with E-state index in [1.165, 1.54) is 12.8 Å². The first-order chi connectivity index (χ1) is 12.1. The summed E-state index contributed by atoms with van der Waals surface area (Å²) in [6, 6.07) is -0.455. The van der Waals surface area contributed by atoms with Crippen LogP contribution in [0.4, 0.5) is 4.79 Å². The Morgan fingerprint density at radius 1 is 1.16 bits per heavy atom. The molecule has 0 bridgehead atoms. The lowest BCUT2D eigenvalue weighted by molar-refractivity contribution is 0.00857. The number of aliphatic hydroxyl groups excluding tert-OH is 2. The number of aliphatic hydroxyl groups is 2. The van der Waals surface area contributed by atoms with Crippen molar-refractivity contribution in [2.75, 3.05) is 0 Å². The van der Waals surface area contributed by atoms with Crippen molar-refractivity contribution in [1.82, 2.24) is 25.6 Å². The lowest BCUT2D eigenvalue weighted by Gasteiger charge is -2.20. The number of carbonyl (C=O) groups excluding carboxylic acids is 1. The van der Waals surface area contributed by atoms with E-state index < -0.39 is 18.2 Å². The van der Waals surface area contributed by atoms with Crippen molar-refractivity contribution in [1.29, 1.82) is 0 Å². The first-order valence-corrected chi connectivity index (χ1v) is 9.43. The lowest BCUT2D eigenvalue weighted by atomic mass is 10.1. The molecule has 3 aliphatic rings. The van der Waals surface area contributed by atoms with Gasteiger partial charge in [0, 0.05) is 30.6 Å². The summed E-state index contributed by atoms with van der Waals surface area (Å²) in [7, 11) is 0. The largest absolute Gasteiger partial charge is 0.390 e. The standard InChI is InChI=1S/C17H27N5O3/c23-15-11(8-22-9-14(20-21-22)10-5-6-10)7-13(16(15)24)19-17(25)18-12-3-1-2-4-12/h9-13,15-16,23-24H,1-8H2,(H2,18,19,25)/t11-,13-,15-,16+/m1/s1. The molecule has 1 aromatic heterocycles. The monoisotopic (exact) mass is 349 g/mol. The van der Waals surface area contributed by atoms with Crippen LogP contribution in [0.25, 0.3) is 0 Å². The Kier molecular flexibility index (Phi) is 4.64. The third kappa shape index (κ3) is 3.79. The quantitative estimate of drug-likeness (QED) is 0.619. The maximum Gasteiger partial charge on any atom is 0.315 e. The van der Waals surface area contributed by atoms with Gasteiger partial charge in [0.25, 0.3) is 0 Å². The predicted octanol–water partition coefficient (Wildman–Crippen LogP) is 0.508. The molecule has 8 heteroatoms. The number of hydrogen-bond acceptors (Lipinski definition) is 5. The Morgan fingerprint density at radius 3 is 2.64 bits per heavy atom. The van der Waals surface area contributed by atoms with E-state index in [0.717, 1.165) is 31.4 Å². The number of hydrogen-bond donors (Lipinski definition) is 4. The number of rotatable bonds is 5. The molecule has 4 N–H and O–H groups in total. The van der Waals surface area contributed by atoms with Gasteiger partial charge in [-0.2, -0.15) is 0 Å². The van der Waals surface area contributed by atoms with Crippen LogP contribution >= 0.6 is 0 Å². The first kappa shape index (κ1) is 16.8. The van der Waals surface area contributed by atoms with E-state index in [1.54, 1.807) is 4.68 Å². The molecular weight excluding hydrogens is 322 g/mol. The van der Waals surface area contributed by atoms with Gasteiger partial charge in [-0.25, -0.2) is 4.79 Å². The van der Waals surface area contributed by atoms with Crippen LogP contribution in [0.15, 0.2) is 6.20 Å². The summed E-state index contributed by atoms with van der Waals surface area (Å²) in [5.41, 5.74) is 1.01. The summed E-state index contributed by atoms with van der Waals surface area (Å²) < 4.78 is 1.75. The number of nitrogens with zero attached hydrogens (tertiary/aromatic N) is 3. The SMILES string of the molecule is O=C(NC1CCCC1)N[C@@H]1C[C@H](Cn2cc(C3CC3)nn2)[C@@H](O)[C@H]1O. The number of aromatic nitrogens is 3. The fourth-order valence-electron chi connectivity index (χ4n) is 4.12. The molecule has 4 rings (SSSR count). The van der Waals surface area contributed by atoms with Crippen molar-refractivity contribution in [3.8, 4) is 0 Å². The van der Waals surface area contributed by atoms with Crippen LogP contribution in [-0.4, -0.2) is 55.5 Å². The van der Waals surface area contributed by atoms with Crippen LogP contribution in [0.3, 0.4) is 0 Å². The zero-order valence-electron chi connectivity index (χ0n) is 14.3. The summed E-state index contributed by atoms with van der Waals surface area (Å²) in [6.07, 6.45) is 7.32. The fourth-order valence-corrected chi connectivity index (χ4v) is 4.12. The third-order valence-corrected chi connectivity index (χ3v) is 5.78. The molecule has 0 spiro atoms. The van der Waals surface area contributed by atoms with Crippen LogP contribution in [0.2, 0.25) is 0 Å². The van der Waals surface area contributed by atoms with E-state index in [0.29, 0.717) is 18.9 Å². The normalized spacial score (nSPS) is 32.9. The molecule has 1 aromatic rings. The highest BCUT2D eigenvalue weighted by Gasteiger charge is 2.42. The number of carbonyl (C=O) groups is 1. The number of urea groups is 1. The fraction of sp³-hybridized carbons (Fsp3) is 0.824. The molecule has 0 aliphatic heterocycles. The van der Waals surface area contributed by atoms with E-state index in [4.69, 9.17) is 0 Å². The highest BCUT2D eigenvalue weighted by atomic mass is 16.3. The van der Waals surface area contributed by atoms with Crippen molar-refractivity contribution >= 4 is 6.03 Å². The van der Waals surface area contributed by atoms with Gasteiger partial charge in [0.05, 0.1) is 17.8 Å². The first-order valence-electron chi connectivity index (χ1n) is 9.43. The molecule has 3 saturated carbocycles. The van der Waals surface area contributed by atoms with Crippen molar-refractivity contribution in [2.24, 2.45) is 5.92 Å². The lowest BCUT2D eigenvalue weighted by Crippen LogP contribution is -2.49. The van der Waals surface area contributed by atoms with Crippen LogP contribution in [0.1, 0.15) is 56.6 Å². The molecule has 0 unspecified atom stereocenters. The highest BCUT2D eigenvalue weighted by Crippen LogP contribution is 2.38. The van der Waals surface area contributed by atoms with Crippen molar-refractivity contribution < 1.29 is 15.0 Å². The Bertz CT molecular complexity index is 611. The summed E-state index contributed by atoms with van der Waals surface area (Å²) in [4.78, 5) is 12.1. The van der Waals surface area contributed by atoms with E-state index in [2.05, 4.69) is 20.9 Å². The molecular formula is C17H27N5O3. The Balaban J connectivity index is 1.30. The van der Waals surface area contributed by atoms with Crippen LogP contribution in [0.5, 0.6) is 0 Å². The maximum atomic E-state index is 12.1. The summed E-state index contributed by atoms with van der Waals surface area (Å²) in [6.45, 7) is 0.500. The average Bonchev–Trinajstić information content (AvgIpc) is 3.00. The summed E-state index contributed by atoms with van der Waals surface area (Å²) in [5, 5.41) is 34.7. The van der Waals surface area contributed by atoms with Gasteiger partial charge in [-0.1, -0.05) is 18.1 Å². The molecule has 25 heavy (non-hydrogen) atoms. The van der Waals surface area contributed by atoms with Gasteiger partial charge >= 0.3 is 6.03 Å². The van der Waals surface area contributed by atoms with Crippen molar-refractivity contribution in [3.63, 3.8) is 0 Å². The molecule has 138 valence electrons. The Labute approximate surface area is 147 Å². The van der Waals surface area contributed by atoms with Gasteiger partial charge in [0.1, 0.15) is 6.10 Å². The van der Waals surface area contributed by atoms with Crippen LogP contribution in [-0.2, 0) is 6.54 Å². The van der Waals surface area contributed by atoms with Gasteiger partial charge in [-0.05, 0) is 32.1 Å². The second kappa shape index (κ2) is 6.92. The molecule has 8 nitrogen and oxygen atoms in total. The smallest absolute Gasteiger partial charge is 0.315 e. The predicted molar refractivity (Wildman–Crippen MR) is 89.8 cm³/mol. The zero-order valence-corrected chi connectivity index (χ0v) is 14.3. The molecule has 0 saturated heterocycles. The summed E-state index contributed by atoms with van der Waals surface area (Å²) in [5.74, 6) is 0.391. The molecule has 3 aliphatic carbocycles. The van der Waals surface area contributed by atoms with E-state index in [9.17, 15) is 15.0 Å². The van der Waals surface area contributed by atoms with Crippen LogP contribution in [0, 0.1) is 5.92 Å². The van der Waals surface area contributed by atoms with E-state index in [-0.39, 0.29) is 18.0 Å². The molecule has 0 radical (unpaired) electrons. The van der Waals surface area contributed by atoms with Crippen molar-refractivity contribution in [2.45, 2.75) is 81.7 Å². The minimum absolute atomic E-state index is 0.152. The van der Waals surface area contributed by atoms with E-state index >= 15 is 0 Å². The van der Waals surface area contributed by atoms with Gasteiger partial charge in [-0.3, -0.25) is 4.68 Å². The number of nitrogens with one attached hydrogen (secondary N) is 2. The van der Waals surface area contributed by atoms with Gasteiger partial charge in [0.2, 0.25) is 0 Å². The van der Waals surface area contributed by atoms with Gasteiger partial charge < -0.3 is 20.8 Å². The molecule has 3 fully saturated rings. The second-order valence-corrected chi connectivity index (χ2v) is 7.82. The van der Waals surface area contributed by atoms with Gasteiger partial charge in [0.15, 0.2) is 0 Å². The average molecular weight is 349 g/mol. The second-order valence-electron chi connectivity index (χ2n) is 7.82. The van der Waals surface area contributed by atoms with Crippen molar-refractivity contribution in [3.05, 3.63) is 11.9 Å². The molecule has 2 amide bonds. The molecule has 0 aromatic carbocycles. The highest BCUT2D eigenvalue weighted by molar-refractivity contribution is 5.74.